The van der Waals surface area contributed by atoms with Gasteiger partial charge in [-0.15, -0.1) is 0 Å². The second kappa shape index (κ2) is 9.46. The maximum atomic E-state index is 12.9. The number of nitrogens with zero attached hydrogens (tertiary/aromatic N) is 2. The van der Waals surface area contributed by atoms with Crippen LogP contribution < -0.4 is 15.4 Å². The quantitative estimate of drug-likeness (QED) is 0.463. The molecule has 0 saturated carbocycles. The highest BCUT2D eigenvalue weighted by atomic mass is 19.1. The Kier molecular flexibility index (Phi) is 6.97. The van der Waals surface area contributed by atoms with E-state index in [0.29, 0.717) is 37.3 Å². The lowest BCUT2D eigenvalue weighted by molar-refractivity contribution is 0.203. The van der Waals surface area contributed by atoms with Crippen molar-refractivity contribution in [2.24, 2.45) is 4.99 Å². The van der Waals surface area contributed by atoms with Gasteiger partial charge >= 0.3 is 0 Å². The van der Waals surface area contributed by atoms with Gasteiger partial charge in [0, 0.05) is 39.5 Å². The molecule has 0 amide bonds. The molecule has 0 aliphatic heterocycles. The number of aliphatic imine (C=N–C) groups is 1. The summed E-state index contributed by atoms with van der Waals surface area (Å²) in [5.41, 5.74) is 0.983. The van der Waals surface area contributed by atoms with Crippen LogP contribution in [0.5, 0.6) is 11.6 Å². The van der Waals surface area contributed by atoms with E-state index in [-0.39, 0.29) is 5.82 Å². The molecule has 0 aliphatic carbocycles. The Bertz CT molecular complexity index is 645. The largest absolute Gasteiger partial charge is 0.439 e. The van der Waals surface area contributed by atoms with E-state index in [1.165, 1.54) is 12.1 Å². The van der Waals surface area contributed by atoms with E-state index in [0.717, 1.165) is 5.56 Å². The van der Waals surface area contributed by atoms with Gasteiger partial charge in [0.2, 0.25) is 5.88 Å². The van der Waals surface area contributed by atoms with Gasteiger partial charge in [0.15, 0.2) is 5.96 Å². The summed E-state index contributed by atoms with van der Waals surface area (Å²) in [6, 6.07) is 9.47. The highest BCUT2D eigenvalue weighted by molar-refractivity contribution is 5.79. The third-order valence-electron chi connectivity index (χ3n) is 3.12. The van der Waals surface area contributed by atoms with E-state index in [1.807, 2.05) is 6.07 Å². The Morgan fingerprint density at radius 1 is 1.17 bits per heavy atom. The summed E-state index contributed by atoms with van der Waals surface area (Å²) in [4.78, 5) is 8.36. The van der Waals surface area contributed by atoms with Crippen molar-refractivity contribution in [1.29, 1.82) is 0 Å². The van der Waals surface area contributed by atoms with Crippen molar-refractivity contribution in [3.8, 4) is 11.6 Å². The van der Waals surface area contributed by atoms with Gasteiger partial charge in [-0.05, 0) is 29.8 Å². The summed E-state index contributed by atoms with van der Waals surface area (Å²) in [6.07, 6.45) is 1.72. The molecule has 0 radical (unpaired) electrons. The molecule has 24 heavy (non-hydrogen) atoms. The topological polar surface area (TPSA) is 67.8 Å². The molecular weight excluding hydrogens is 311 g/mol. The van der Waals surface area contributed by atoms with Crippen molar-refractivity contribution < 1.29 is 13.9 Å². The average molecular weight is 332 g/mol. The fraction of sp³-hybridized carbons (Fsp3) is 0.294. The molecule has 0 fully saturated rings. The van der Waals surface area contributed by atoms with Gasteiger partial charge in [0.1, 0.15) is 11.6 Å². The molecule has 2 rings (SSSR count). The monoisotopic (exact) mass is 332 g/mol. The number of nitrogens with one attached hydrogen (secondary N) is 2. The Balaban J connectivity index is 1.84. The molecule has 0 aliphatic rings. The predicted octanol–water partition coefficient (Wildman–Crippen LogP) is 2.32. The summed E-state index contributed by atoms with van der Waals surface area (Å²) in [5, 5.41) is 6.31. The van der Waals surface area contributed by atoms with E-state index in [4.69, 9.17) is 9.47 Å². The first-order chi connectivity index (χ1) is 11.7. The van der Waals surface area contributed by atoms with Crippen molar-refractivity contribution in [3.05, 3.63) is 54.0 Å². The van der Waals surface area contributed by atoms with Crippen molar-refractivity contribution in [1.82, 2.24) is 15.6 Å². The van der Waals surface area contributed by atoms with Crippen LogP contribution in [0.15, 0.2) is 47.6 Å². The maximum absolute atomic E-state index is 12.9. The molecule has 1 aromatic carbocycles. The highest BCUT2D eigenvalue weighted by Gasteiger charge is 2.01. The minimum atomic E-state index is -0.302. The van der Waals surface area contributed by atoms with E-state index >= 15 is 0 Å². The lowest BCUT2D eigenvalue weighted by atomic mass is 10.3. The number of hydrogen-bond acceptors (Lipinski definition) is 4. The zero-order valence-electron chi connectivity index (χ0n) is 13.8. The van der Waals surface area contributed by atoms with Crippen LogP contribution in [0, 0.1) is 5.82 Å². The van der Waals surface area contributed by atoms with Crippen LogP contribution in [0.25, 0.3) is 0 Å². The molecule has 2 N–H and O–H groups in total. The number of aromatic nitrogens is 1. The zero-order valence-corrected chi connectivity index (χ0v) is 13.8. The summed E-state index contributed by atoms with van der Waals surface area (Å²) in [7, 11) is 3.36. The molecule has 0 bridgehead atoms. The minimum absolute atomic E-state index is 0.302. The van der Waals surface area contributed by atoms with Gasteiger partial charge in [-0.25, -0.2) is 9.37 Å². The molecule has 6 nitrogen and oxygen atoms in total. The van der Waals surface area contributed by atoms with Gasteiger partial charge in [-0.3, -0.25) is 4.99 Å². The predicted molar refractivity (Wildman–Crippen MR) is 90.8 cm³/mol. The summed E-state index contributed by atoms with van der Waals surface area (Å²) in [6.45, 7) is 1.87. The Morgan fingerprint density at radius 2 is 1.96 bits per heavy atom. The van der Waals surface area contributed by atoms with Crippen LogP contribution in [0.4, 0.5) is 4.39 Å². The SMILES string of the molecule is CN=C(NCCOC)NCc1ccc(Oc2ccc(F)cc2)nc1. The van der Waals surface area contributed by atoms with Gasteiger partial charge in [0.05, 0.1) is 6.61 Å². The highest BCUT2D eigenvalue weighted by Crippen LogP contribution is 2.19. The van der Waals surface area contributed by atoms with Gasteiger partial charge in [0.25, 0.3) is 0 Å². The molecule has 1 heterocycles. The third-order valence-corrected chi connectivity index (χ3v) is 3.12. The smallest absolute Gasteiger partial charge is 0.219 e. The second-order valence-corrected chi connectivity index (χ2v) is 4.91. The Morgan fingerprint density at radius 3 is 2.58 bits per heavy atom. The second-order valence-electron chi connectivity index (χ2n) is 4.91. The van der Waals surface area contributed by atoms with Crippen LogP contribution in [-0.4, -0.2) is 38.3 Å². The van der Waals surface area contributed by atoms with Gasteiger partial charge in [-0.2, -0.15) is 0 Å². The van der Waals surface area contributed by atoms with Gasteiger partial charge < -0.3 is 20.1 Å². The van der Waals surface area contributed by atoms with Crippen molar-refractivity contribution in [3.63, 3.8) is 0 Å². The number of pyridine rings is 1. The molecule has 0 spiro atoms. The molecule has 0 saturated heterocycles. The standard InChI is InChI=1S/C17H21FN4O2/c1-19-17(20-9-10-23-2)22-12-13-3-8-16(21-11-13)24-15-6-4-14(18)5-7-15/h3-8,11H,9-10,12H2,1-2H3,(H2,19,20,22). The van der Waals surface area contributed by atoms with Crippen LogP contribution in [0.3, 0.4) is 0 Å². The molecule has 128 valence electrons. The normalized spacial score (nSPS) is 11.2. The van der Waals surface area contributed by atoms with Crippen LogP contribution in [-0.2, 0) is 11.3 Å². The van der Waals surface area contributed by atoms with Crippen molar-refractivity contribution in [2.45, 2.75) is 6.54 Å². The van der Waals surface area contributed by atoms with Crippen LogP contribution in [0.1, 0.15) is 5.56 Å². The first-order valence-corrected chi connectivity index (χ1v) is 7.53. The van der Waals surface area contributed by atoms with E-state index in [1.54, 1.807) is 38.6 Å². The Labute approximate surface area is 140 Å². The zero-order chi connectivity index (χ0) is 17.2. The molecule has 1 aromatic heterocycles. The molecule has 0 unspecified atom stereocenters. The Hall–Kier alpha value is -2.67. The summed E-state index contributed by atoms with van der Waals surface area (Å²) in [5.74, 6) is 1.38. The number of halogens is 1. The number of benzene rings is 1. The first-order valence-electron chi connectivity index (χ1n) is 7.53. The molecular formula is C17H21FN4O2. The lowest BCUT2D eigenvalue weighted by Gasteiger charge is -2.11. The number of guanidine groups is 1. The third kappa shape index (κ3) is 5.85. The fourth-order valence-electron chi connectivity index (χ4n) is 1.88. The van der Waals surface area contributed by atoms with Crippen LogP contribution in [0.2, 0.25) is 0 Å². The molecule has 7 heteroatoms. The minimum Gasteiger partial charge on any atom is -0.439 e. The summed E-state index contributed by atoms with van der Waals surface area (Å²) < 4.78 is 23.4. The lowest BCUT2D eigenvalue weighted by Crippen LogP contribution is -2.38. The van der Waals surface area contributed by atoms with Gasteiger partial charge in [-0.1, -0.05) is 6.07 Å². The molecule has 2 aromatic rings. The van der Waals surface area contributed by atoms with Crippen molar-refractivity contribution >= 4 is 5.96 Å². The first kappa shape index (κ1) is 17.7. The van der Waals surface area contributed by atoms with Crippen LogP contribution >= 0.6 is 0 Å². The van der Waals surface area contributed by atoms with E-state index in [9.17, 15) is 4.39 Å². The average Bonchev–Trinajstić information content (AvgIpc) is 2.61. The van der Waals surface area contributed by atoms with E-state index in [2.05, 4.69) is 20.6 Å². The van der Waals surface area contributed by atoms with E-state index < -0.39 is 0 Å². The summed E-state index contributed by atoms with van der Waals surface area (Å²) >= 11 is 0. The van der Waals surface area contributed by atoms with Crippen molar-refractivity contribution in [2.75, 3.05) is 27.3 Å². The number of hydrogen-bond donors (Lipinski definition) is 2. The number of methoxy groups -OCH3 is 1. The number of rotatable bonds is 7. The number of ether oxygens (including phenoxy) is 2. The fourth-order valence-corrected chi connectivity index (χ4v) is 1.88. The maximum Gasteiger partial charge on any atom is 0.219 e. The molecule has 0 atom stereocenters.